The van der Waals surface area contributed by atoms with Gasteiger partial charge in [0.25, 0.3) is 0 Å². The predicted molar refractivity (Wildman–Crippen MR) is 65.5 cm³/mol. The predicted octanol–water partition coefficient (Wildman–Crippen LogP) is 3.77. The summed E-state index contributed by atoms with van der Waals surface area (Å²) in [4.78, 5) is 0. The van der Waals surface area contributed by atoms with Crippen LogP contribution in [0.3, 0.4) is 0 Å². The highest BCUT2D eigenvalue weighted by Gasteiger charge is 2.47. The van der Waals surface area contributed by atoms with Crippen LogP contribution in [0.25, 0.3) is 0 Å². The van der Waals surface area contributed by atoms with Crippen LogP contribution in [0.1, 0.15) is 0 Å². The van der Waals surface area contributed by atoms with Crippen molar-refractivity contribution in [1.82, 2.24) is 0 Å². The van der Waals surface area contributed by atoms with Gasteiger partial charge in [-0.3, -0.25) is 0 Å². The Hall–Kier alpha value is 1.80. The third kappa shape index (κ3) is 2.49. The first-order valence-corrected chi connectivity index (χ1v) is 7.21. The maximum Gasteiger partial charge on any atom is 0.0692 e. The van der Waals surface area contributed by atoms with Crippen molar-refractivity contribution in [2.24, 2.45) is 0 Å². The molecule has 0 bridgehead atoms. The van der Waals surface area contributed by atoms with Crippen molar-refractivity contribution < 1.29 is 0 Å². The van der Waals surface area contributed by atoms with Crippen molar-refractivity contribution in [3.8, 4) is 0 Å². The van der Waals surface area contributed by atoms with E-state index in [4.69, 9.17) is 58.0 Å². The Kier molecular flexibility index (Phi) is 5.17. The molecule has 0 aromatic carbocycles. The van der Waals surface area contributed by atoms with Gasteiger partial charge >= 0.3 is 0 Å². The van der Waals surface area contributed by atoms with Gasteiger partial charge in [-0.15, -0.1) is 58.0 Å². The fourth-order valence-electron chi connectivity index (χ4n) is 1.32. The second-order valence-electron chi connectivity index (χ2n) is 2.92. The van der Waals surface area contributed by atoms with E-state index in [1.807, 2.05) is 6.26 Å². The number of rotatable bonds is 1. The molecule has 6 atom stereocenters. The lowest BCUT2D eigenvalue weighted by Gasteiger charge is -2.40. The van der Waals surface area contributed by atoms with Gasteiger partial charge in [0.2, 0.25) is 0 Å². The van der Waals surface area contributed by atoms with Crippen LogP contribution < -0.4 is 0 Å². The van der Waals surface area contributed by atoms with E-state index in [1.165, 1.54) is 0 Å². The van der Waals surface area contributed by atoms with Gasteiger partial charge in [-0.25, -0.2) is 0 Å². The van der Waals surface area contributed by atoms with Crippen LogP contribution >= 0.6 is 69.8 Å². The molecule has 1 rings (SSSR count). The molecule has 0 N–H and O–H groups in total. The van der Waals surface area contributed by atoms with Gasteiger partial charge < -0.3 is 0 Å². The van der Waals surface area contributed by atoms with E-state index in [0.717, 1.165) is 0 Å². The van der Waals surface area contributed by atoms with Gasteiger partial charge in [-0.1, -0.05) is 0 Å². The molecule has 0 amide bonds. The molecule has 13 heavy (non-hydrogen) atoms. The highest BCUT2D eigenvalue weighted by molar-refractivity contribution is 7.99. The average Bonchev–Trinajstić information content (AvgIpc) is 2.13. The number of hydrogen-bond donors (Lipinski definition) is 0. The molecule has 0 heterocycles. The minimum Gasteiger partial charge on any atom is -0.159 e. The summed E-state index contributed by atoms with van der Waals surface area (Å²) >= 11 is 31.8. The average molecular weight is 302 g/mol. The fraction of sp³-hybridized carbons (Fsp3) is 1.00. The van der Waals surface area contributed by atoms with E-state index in [9.17, 15) is 0 Å². The van der Waals surface area contributed by atoms with Gasteiger partial charge in [0.15, 0.2) is 0 Å². The Morgan fingerprint density at radius 2 is 1.00 bits per heavy atom. The maximum atomic E-state index is 6.11. The molecule has 0 saturated heterocycles. The van der Waals surface area contributed by atoms with E-state index in [0.29, 0.717) is 0 Å². The standard InChI is InChI=1S/C7H9Cl5S/c1-13-7-5(11)3(9)2(8)4(10)6(7)12/h2-7H,1H3/t2?,3-,4+,5-,6+,7?. The van der Waals surface area contributed by atoms with Crippen molar-refractivity contribution in [3.63, 3.8) is 0 Å². The largest absolute Gasteiger partial charge is 0.159 e. The molecule has 1 aliphatic carbocycles. The maximum absolute atomic E-state index is 6.11. The molecule has 0 aromatic heterocycles. The molecule has 0 radical (unpaired) electrons. The molecule has 1 aliphatic rings. The zero-order valence-corrected chi connectivity index (χ0v) is 11.4. The Labute approximate surface area is 108 Å². The zero-order valence-electron chi connectivity index (χ0n) is 6.76. The third-order valence-corrected chi connectivity index (χ3v) is 6.78. The second-order valence-corrected chi connectivity index (χ2v) is 6.46. The van der Waals surface area contributed by atoms with E-state index in [1.54, 1.807) is 11.8 Å². The first kappa shape index (κ1) is 12.9. The first-order valence-electron chi connectivity index (χ1n) is 3.74. The van der Waals surface area contributed by atoms with E-state index < -0.39 is 0 Å². The minimum absolute atomic E-state index is 0.0586. The van der Waals surface area contributed by atoms with Gasteiger partial charge in [0.05, 0.1) is 26.9 Å². The van der Waals surface area contributed by atoms with Crippen LogP contribution in [0.4, 0.5) is 0 Å². The number of hydrogen-bond acceptors (Lipinski definition) is 1. The lowest BCUT2D eigenvalue weighted by molar-refractivity contribution is 0.550. The molecule has 6 heteroatoms. The van der Waals surface area contributed by atoms with Gasteiger partial charge in [-0.2, -0.15) is 11.8 Å². The Balaban J connectivity index is 2.79. The van der Waals surface area contributed by atoms with Crippen molar-refractivity contribution >= 4 is 69.8 Å². The van der Waals surface area contributed by atoms with E-state index in [2.05, 4.69) is 0 Å². The number of halogens is 5. The van der Waals surface area contributed by atoms with Crippen molar-refractivity contribution in [3.05, 3.63) is 0 Å². The summed E-state index contributed by atoms with van der Waals surface area (Å²) in [6, 6.07) is 0. The molecular formula is C7H9Cl5S. The first-order chi connectivity index (χ1) is 6.00. The topological polar surface area (TPSA) is 0 Å². The molecule has 0 aromatic rings. The highest BCUT2D eigenvalue weighted by Crippen LogP contribution is 2.41. The Morgan fingerprint density at radius 1 is 0.692 bits per heavy atom. The SMILES string of the molecule is CSC1[C@@H](Cl)[C@@H](Cl)C(Cl)[C@@H](Cl)[C@H]1Cl. The van der Waals surface area contributed by atoms with Crippen LogP contribution in [0.5, 0.6) is 0 Å². The lowest BCUT2D eigenvalue weighted by Crippen LogP contribution is -2.52. The van der Waals surface area contributed by atoms with Gasteiger partial charge in [0.1, 0.15) is 0 Å². The Bertz CT molecular complexity index is 162. The summed E-state index contributed by atoms with van der Waals surface area (Å²) in [6.07, 6.45) is 1.94. The van der Waals surface area contributed by atoms with E-state index in [-0.39, 0.29) is 32.1 Å². The monoisotopic (exact) mass is 300 g/mol. The molecule has 78 valence electrons. The minimum atomic E-state index is -0.364. The van der Waals surface area contributed by atoms with Crippen molar-refractivity contribution in [2.75, 3.05) is 6.26 Å². The summed E-state index contributed by atoms with van der Waals surface area (Å²) < 4.78 is 0. The summed E-state index contributed by atoms with van der Waals surface area (Å²) in [7, 11) is 0. The molecular weight excluding hydrogens is 293 g/mol. The third-order valence-electron chi connectivity index (χ3n) is 2.12. The second kappa shape index (κ2) is 5.23. The number of thioether (sulfide) groups is 1. The highest BCUT2D eigenvalue weighted by atomic mass is 35.5. The lowest BCUT2D eigenvalue weighted by atomic mass is 9.97. The van der Waals surface area contributed by atoms with Crippen molar-refractivity contribution in [1.29, 1.82) is 0 Å². The fourth-order valence-corrected chi connectivity index (χ4v) is 4.84. The number of alkyl halides is 5. The zero-order chi connectivity index (χ0) is 10.2. The summed E-state index contributed by atoms with van der Waals surface area (Å²) in [5, 5.41) is -1.40. The molecule has 2 unspecified atom stereocenters. The van der Waals surface area contributed by atoms with Crippen LogP contribution in [0.15, 0.2) is 0 Å². The van der Waals surface area contributed by atoms with Crippen molar-refractivity contribution in [2.45, 2.75) is 32.1 Å². The molecule has 1 saturated carbocycles. The molecule has 0 aliphatic heterocycles. The quantitative estimate of drug-likeness (QED) is 0.665. The smallest absolute Gasteiger partial charge is 0.0692 e. The van der Waals surface area contributed by atoms with Gasteiger partial charge in [-0.05, 0) is 6.26 Å². The molecule has 1 fully saturated rings. The molecule has 0 spiro atoms. The summed E-state index contributed by atoms with van der Waals surface area (Å²) in [6.45, 7) is 0. The van der Waals surface area contributed by atoms with Crippen LogP contribution in [0, 0.1) is 0 Å². The summed E-state index contributed by atoms with van der Waals surface area (Å²) in [5.41, 5.74) is 0. The van der Waals surface area contributed by atoms with Gasteiger partial charge in [0, 0.05) is 5.25 Å². The van der Waals surface area contributed by atoms with Crippen LogP contribution in [-0.2, 0) is 0 Å². The Morgan fingerprint density at radius 3 is 1.31 bits per heavy atom. The normalized spacial score (nSPS) is 52.2. The van der Waals surface area contributed by atoms with E-state index >= 15 is 0 Å². The van der Waals surface area contributed by atoms with Crippen LogP contribution in [0.2, 0.25) is 0 Å². The van der Waals surface area contributed by atoms with Crippen LogP contribution in [-0.4, -0.2) is 38.4 Å². The molecule has 0 nitrogen and oxygen atoms in total. The summed E-state index contributed by atoms with van der Waals surface area (Å²) in [5.74, 6) is 0.